The Labute approximate surface area is 344 Å². The number of esters is 1. The fourth-order valence-corrected chi connectivity index (χ4v) is 7.57. The summed E-state index contributed by atoms with van der Waals surface area (Å²) in [5, 5.41) is 43.4. The molecule has 59 heavy (non-hydrogen) atoms. The van der Waals surface area contributed by atoms with Gasteiger partial charge in [0.15, 0.2) is 6.29 Å². The van der Waals surface area contributed by atoms with Gasteiger partial charge in [-0.15, -0.1) is 0 Å². The van der Waals surface area contributed by atoms with Gasteiger partial charge in [-0.1, -0.05) is 18.2 Å². The van der Waals surface area contributed by atoms with E-state index in [0.717, 1.165) is 70.6 Å². The maximum Gasteiger partial charge on any atom is 0.338 e. The Morgan fingerprint density at radius 3 is 2.37 bits per heavy atom. The lowest BCUT2D eigenvalue weighted by Gasteiger charge is -2.39. The molecule has 2 saturated heterocycles. The predicted molar refractivity (Wildman–Crippen MR) is 221 cm³/mol. The first-order chi connectivity index (χ1) is 28.7. The Kier molecular flexibility index (Phi) is 16.2. The van der Waals surface area contributed by atoms with Crippen LogP contribution in [0.15, 0.2) is 65.1 Å². The molecule has 2 aromatic carbocycles. The lowest BCUT2D eigenvalue weighted by molar-refractivity contribution is -0.301. The van der Waals surface area contributed by atoms with E-state index in [0.29, 0.717) is 38.5 Å². The third kappa shape index (κ3) is 10.6. The summed E-state index contributed by atoms with van der Waals surface area (Å²) in [6, 6.07) is 19.9. The van der Waals surface area contributed by atoms with E-state index >= 15 is 0 Å². The number of anilines is 1. The summed E-state index contributed by atoms with van der Waals surface area (Å²) in [7, 11) is 0. The number of nitrogens with zero attached hydrogens (tertiary/aromatic N) is 3. The van der Waals surface area contributed by atoms with Gasteiger partial charge in [0.25, 0.3) is 0 Å². The number of carbonyl (C=O) groups is 1. The lowest BCUT2D eigenvalue weighted by Crippen LogP contribution is -2.59. The standard InChI is InChI=1S/C43H59N5O11/c1-5-46(6-2)29-13-15-33-35(23-29)58-36-24-30(47(7-3)8-4)14-16-34(36)38(33)31-11-9-10-12-32(31)42(53)56-22-21-55-20-19-54-18-17-48-25-28(44-45-48)27-57-43-41(52)40(51)39(50)37(26-49)59-43/h9-16,23-24,28,37,39-41,43,49-53H,5-8,17-22,25-27H2,1-4H3/p+1/t28?,37-,39-,40+,41-,43+/m1/s1. The summed E-state index contributed by atoms with van der Waals surface area (Å²) in [5.41, 5.74) is 11.0. The van der Waals surface area contributed by atoms with Gasteiger partial charge in [-0.2, -0.15) is 5.53 Å². The second kappa shape index (κ2) is 21.5. The van der Waals surface area contributed by atoms with Gasteiger partial charge in [-0.3, -0.25) is 0 Å². The molecule has 0 radical (unpaired) electrons. The molecule has 16 nitrogen and oxygen atoms in total. The first-order valence-corrected chi connectivity index (χ1v) is 20.6. The zero-order chi connectivity index (χ0) is 41.9. The van der Waals surface area contributed by atoms with E-state index in [2.05, 4.69) is 84.5 Å². The van der Waals surface area contributed by atoms with Crippen LogP contribution in [0.3, 0.4) is 0 Å². The number of ether oxygens (including phenoxy) is 5. The molecular formula is C43H60N5O11+. The maximum atomic E-state index is 13.7. The number of aliphatic hydroxyl groups excluding tert-OH is 4. The van der Waals surface area contributed by atoms with Crippen LogP contribution in [-0.2, 0) is 23.7 Å². The summed E-state index contributed by atoms with van der Waals surface area (Å²) in [6.07, 6.45) is -6.59. The van der Waals surface area contributed by atoms with Crippen molar-refractivity contribution in [2.75, 3.05) is 90.4 Å². The molecule has 4 aliphatic rings. The Morgan fingerprint density at radius 1 is 0.881 bits per heavy atom. The van der Waals surface area contributed by atoms with Gasteiger partial charge in [-0.05, 0) is 57.5 Å². The molecule has 0 saturated carbocycles. The molecule has 6 atom stereocenters. The molecular weight excluding hydrogens is 762 g/mol. The molecule has 16 heteroatoms. The zero-order valence-electron chi connectivity index (χ0n) is 34.4. The molecule has 3 aliphatic heterocycles. The zero-order valence-corrected chi connectivity index (χ0v) is 34.4. The Balaban J connectivity index is 0.991. The highest BCUT2D eigenvalue weighted by Gasteiger charge is 2.44. The first-order valence-electron chi connectivity index (χ1n) is 20.6. The average Bonchev–Trinajstić information content (AvgIpc) is 3.72. The molecule has 1 unspecified atom stereocenters. The van der Waals surface area contributed by atoms with Gasteiger partial charge in [0.1, 0.15) is 55.5 Å². The highest BCUT2D eigenvalue weighted by Crippen LogP contribution is 2.42. The van der Waals surface area contributed by atoms with Gasteiger partial charge in [0, 0.05) is 60.5 Å². The summed E-state index contributed by atoms with van der Waals surface area (Å²) in [5.74, 6) is 0.301. The van der Waals surface area contributed by atoms with Crippen LogP contribution in [0.25, 0.3) is 33.4 Å². The molecule has 6 rings (SSSR count). The smallest absolute Gasteiger partial charge is 0.338 e. The number of aliphatic hydroxyl groups is 4. The van der Waals surface area contributed by atoms with Crippen LogP contribution in [0, 0.1) is 0 Å². The fourth-order valence-electron chi connectivity index (χ4n) is 7.57. The minimum atomic E-state index is -1.49. The Hall–Kier alpha value is -4.04. The number of hydrogen-bond donors (Lipinski definition) is 6. The highest BCUT2D eigenvalue weighted by atomic mass is 16.7. The summed E-state index contributed by atoms with van der Waals surface area (Å²) < 4.78 is 37.1. The van der Waals surface area contributed by atoms with E-state index < -0.39 is 43.3 Å². The van der Waals surface area contributed by atoms with E-state index in [1.54, 1.807) is 6.07 Å². The average molecular weight is 823 g/mol. The SMILES string of the molecule is CCN(CC)c1ccc2c(-c3ccccc3C(=O)OCCOCCOCCN3CC(CO[C@H]4O[C@H](CO)[C@@H](O)[C@H](O)[C@H]4O)NN3)c3ccc(=[N+](CC)CC)cc-3oc2c1. The molecule has 2 fully saturated rings. The molecule has 0 amide bonds. The number of fused-ring (bicyclic) bond motifs is 2. The summed E-state index contributed by atoms with van der Waals surface area (Å²) in [6.45, 7) is 14.2. The molecule has 6 N–H and O–H groups in total. The van der Waals surface area contributed by atoms with Gasteiger partial charge in [0.05, 0.1) is 57.3 Å². The monoisotopic (exact) mass is 822 g/mol. The molecule has 2 aromatic rings. The maximum absolute atomic E-state index is 13.7. The third-order valence-electron chi connectivity index (χ3n) is 10.9. The molecule has 0 spiro atoms. The van der Waals surface area contributed by atoms with E-state index in [9.17, 15) is 25.2 Å². The number of rotatable bonds is 20. The lowest BCUT2D eigenvalue weighted by atomic mass is 9.90. The van der Waals surface area contributed by atoms with Crippen LogP contribution < -0.4 is 25.8 Å². The van der Waals surface area contributed by atoms with Crippen molar-refractivity contribution in [3.05, 3.63) is 71.6 Å². The van der Waals surface area contributed by atoms with E-state index in [1.165, 1.54) is 0 Å². The first kappa shape index (κ1) is 44.5. The molecule has 1 aliphatic carbocycles. The normalized spacial score (nSPS) is 22.3. The minimum Gasteiger partial charge on any atom is -0.460 e. The molecule has 0 bridgehead atoms. The van der Waals surface area contributed by atoms with E-state index in [-0.39, 0.29) is 25.9 Å². The molecule has 3 heterocycles. The Bertz CT molecular complexity index is 2000. The van der Waals surface area contributed by atoms with Crippen molar-refractivity contribution in [3.8, 4) is 22.5 Å². The van der Waals surface area contributed by atoms with Gasteiger partial charge < -0.3 is 53.4 Å². The van der Waals surface area contributed by atoms with Crippen molar-refractivity contribution in [2.45, 2.75) is 64.4 Å². The van der Waals surface area contributed by atoms with Crippen molar-refractivity contribution >= 4 is 22.6 Å². The number of hydrogen-bond acceptors (Lipinski definition) is 15. The number of benzene rings is 3. The van der Waals surface area contributed by atoms with Crippen LogP contribution in [-0.4, -0.2) is 154 Å². The second-order valence-electron chi connectivity index (χ2n) is 14.5. The molecule has 0 aromatic heterocycles. The predicted octanol–water partition coefficient (Wildman–Crippen LogP) is 1.56. The van der Waals surface area contributed by atoms with Gasteiger partial charge >= 0.3 is 5.97 Å². The summed E-state index contributed by atoms with van der Waals surface area (Å²) in [4.78, 5) is 15.9. The van der Waals surface area contributed by atoms with Crippen LogP contribution in [0.4, 0.5) is 5.69 Å². The topological polar surface area (TPSA) is 191 Å². The number of hydrazine groups is 2. The van der Waals surface area contributed by atoms with Crippen LogP contribution in [0.1, 0.15) is 38.1 Å². The van der Waals surface area contributed by atoms with Crippen molar-refractivity contribution in [3.63, 3.8) is 0 Å². The summed E-state index contributed by atoms with van der Waals surface area (Å²) >= 11 is 0. The number of carbonyl (C=O) groups excluding carboxylic acids is 1. The highest BCUT2D eigenvalue weighted by molar-refractivity contribution is 6.08. The van der Waals surface area contributed by atoms with E-state index in [1.807, 2.05) is 23.2 Å². The van der Waals surface area contributed by atoms with Crippen LogP contribution >= 0.6 is 0 Å². The van der Waals surface area contributed by atoms with Crippen LogP contribution in [0.2, 0.25) is 0 Å². The van der Waals surface area contributed by atoms with Crippen molar-refractivity contribution in [2.24, 2.45) is 0 Å². The quantitative estimate of drug-likeness (QED) is 0.0326. The number of nitrogens with one attached hydrogen (secondary N) is 2. The minimum absolute atomic E-state index is 0.0786. The van der Waals surface area contributed by atoms with Crippen molar-refractivity contribution in [1.29, 1.82) is 0 Å². The van der Waals surface area contributed by atoms with Crippen molar-refractivity contribution in [1.82, 2.24) is 20.5 Å². The van der Waals surface area contributed by atoms with Gasteiger partial charge in [0.2, 0.25) is 5.36 Å². The van der Waals surface area contributed by atoms with Gasteiger partial charge in [-0.25, -0.2) is 19.8 Å². The fraction of sp³-hybridized carbons (Fsp3) is 0.535. The van der Waals surface area contributed by atoms with E-state index in [4.69, 9.17) is 28.1 Å². The second-order valence-corrected chi connectivity index (χ2v) is 14.5. The largest absolute Gasteiger partial charge is 0.460 e. The van der Waals surface area contributed by atoms with Crippen molar-refractivity contribution < 1.29 is 53.3 Å². The third-order valence-corrected chi connectivity index (χ3v) is 10.9. The molecule has 322 valence electrons. The van der Waals surface area contributed by atoms with Crippen LogP contribution in [0.5, 0.6) is 0 Å². The Morgan fingerprint density at radius 2 is 1.63 bits per heavy atom.